The molecule has 2 aromatic heterocycles. The number of hydrogen-bond acceptors (Lipinski definition) is 7. The van der Waals surface area contributed by atoms with Gasteiger partial charge < -0.3 is 9.73 Å². The van der Waals surface area contributed by atoms with E-state index < -0.39 is 21.7 Å². The molecule has 172 valence electrons. The standard InChI is InChI=1S/C21H19ClN4O5S2/c1-25-16-7-5-14(10-17(16)31-21(25)28)33(29,30)26-8-2-3-12(11-26)19(27)24-20-23-15-6-4-13(22)9-18(15)32-20/h4-7,9-10,12H,2-3,8,11H2,1H3,(H,23,24,27)/t12-/m1/s1. The third kappa shape index (κ3) is 4.05. The fraction of sp³-hybridized carbons (Fsp3) is 0.286. The Hall–Kier alpha value is -2.73. The van der Waals surface area contributed by atoms with Gasteiger partial charge in [0, 0.05) is 31.2 Å². The Kier molecular flexibility index (Phi) is 5.52. The van der Waals surface area contributed by atoms with Crippen LogP contribution in [0, 0.1) is 5.92 Å². The summed E-state index contributed by atoms with van der Waals surface area (Å²) in [6.45, 7) is 0.365. The number of oxazole rings is 1. The first-order valence-corrected chi connectivity index (χ1v) is 12.8. The molecule has 12 heteroatoms. The van der Waals surface area contributed by atoms with Gasteiger partial charge in [0.25, 0.3) is 0 Å². The normalized spacial score (nSPS) is 17.6. The summed E-state index contributed by atoms with van der Waals surface area (Å²) in [7, 11) is -2.32. The molecule has 0 radical (unpaired) electrons. The van der Waals surface area contributed by atoms with Gasteiger partial charge in [-0.2, -0.15) is 4.31 Å². The van der Waals surface area contributed by atoms with Crippen LogP contribution < -0.4 is 11.1 Å². The first kappa shape index (κ1) is 22.1. The predicted molar refractivity (Wildman–Crippen MR) is 126 cm³/mol. The number of rotatable bonds is 4. The number of benzene rings is 2. The van der Waals surface area contributed by atoms with Crippen molar-refractivity contribution in [1.29, 1.82) is 0 Å². The average Bonchev–Trinajstić information content (AvgIpc) is 3.32. The summed E-state index contributed by atoms with van der Waals surface area (Å²) < 4.78 is 35.1. The van der Waals surface area contributed by atoms with E-state index in [9.17, 15) is 18.0 Å². The second-order valence-electron chi connectivity index (χ2n) is 7.88. The zero-order chi connectivity index (χ0) is 23.3. The number of carbonyl (C=O) groups excluding carboxylic acids is 1. The minimum absolute atomic E-state index is 0.0217. The number of aromatic nitrogens is 2. The van der Waals surface area contributed by atoms with Crippen LogP contribution >= 0.6 is 22.9 Å². The van der Waals surface area contributed by atoms with E-state index >= 15 is 0 Å². The number of halogens is 1. The molecule has 3 heterocycles. The summed E-state index contributed by atoms with van der Waals surface area (Å²) in [6, 6.07) is 9.64. The molecule has 0 spiro atoms. The summed E-state index contributed by atoms with van der Waals surface area (Å²) >= 11 is 7.33. The monoisotopic (exact) mass is 506 g/mol. The molecule has 1 atom stereocenters. The number of piperidine rings is 1. The third-order valence-electron chi connectivity index (χ3n) is 5.74. The zero-order valence-electron chi connectivity index (χ0n) is 17.4. The largest absolute Gasteiger partial charge is 0.419 e. The van der Waals surface area contributed by atoms with Crippen molar-refractivity contribution in [2.24, 2.45) is 13.0 Å². The molecule has 0 aliphatic carbocycles. The van der Waals surface area contributed by atoms with Gasteiger partial charge >= 0.3 is 5.76 Å². The summed E-state index contributed by atoms with van der Waals surface area (Å²) in [5.41, 5.74) is 1.44. The van der Waals surface area contributed by atoms with Crippen molar-refractivity contribution >= 4 is 65.3 Å². The molecule has 0 saturated carbocycles. The van der Waals surface area contributed by atoms with Gasteiger partial charge in [-0.1, -0.05) is 22.9 Å². The summed E-state index contributed by atoms with van der Waals surface area (Å²) in [5, 5.41) is 3.85. The van der Waals surface area contributed by atoms with E-state index in [-0.39, 0.29) is 22.9 Å². The number of carbonyl (C=O) groups is 1. The molecule has 4 aromatic rings. The Morgan fingerprint density at radius 3 is 2.91 bits per heavy atom. The molecule has 0 unspecified atom stereocenters. The Balaban J connectivity index is 1.34. The van der Waals surface area contributed by atoms with Crippen LogP contribution in [-0.4, -0.2) is 41.3 Å². The van der Waals surface area contributed by atoms with E-state index in [4.69, 9.17) is 16.0 Å². The summed E-state index contributed by atoms with van der Waals surface area (Å²) in [6.07, 6.45) is 1.12. The maximum atomic E-state index is 13.2. The number of fused-ring (bicyclic) bond motifs is 2. The Labute approximate surface area is 197 Å². The summed E-state index contributed by atoms with van der Waals surface area (Å²) in [4.78, 5) is 29.0. The van der Waals surface area contributed by atoms with Gasteiger partial charge in [0.05, 0.1) is 26.5 Å². The molecule has 1 aliphatic heterocycles. The zero-order valence-corrected chi connectivity index (χ0v) is 19.8. The number of anilines is 1. The average molecular weight is 507 g/mol. The van der Waals surface area contributed by atoms with E-state index in [0.29, 0.717) is 35.1 Å². The molecule has 2 aromatic carbocycles. The van der Waals surface area contributed by atoms with Crippen LogP contribution in [0.5, 0.6) is 0 Å². The van der Waals surface area contributed by atoms with Crippen molar-refractivity contribution in [3.63, 3.8) is 0 Å². The number of sulfonamides is 1. The van der Waals surface area contributed by atoms with E-state index in [1.807, 2.05) is 0 Å². The van der Waals surface area contributed by atoms with Crippen molar-refractivity contribution in [1.82, 2.24) is 13.9 Å². The molecule has 5 rings (SSSR count). The molecule has 0 bridgehead atoms. The molecule has 33 heavy (non-hydrogen) atoms. The molecule has 9 nitrogen and oxygen atoms in total. The SMILES string of the molecule is Cn1c(=O)oc2cc(S(=O)(=O)N3CCC[C@@H](C(=O)Nc4nc5ccc(Cl)cc5s4)C3)ccc21. The summed E-state index contributed by atoms with van der Waals surface area (Å²) in [5.74, 6) is -1.35. The van der Waals surface area contributed by atoms with Crippen LogP contribution in [-0.2, 0) is 21.9 Å². The van der Waals surface area contributed by atoms with Crippen LogP contribution in [0.2, 0.25) is 5.02 Å². The fourth-order valence-corrected chi connectivity index (χ4v) is 6.64. The van der Waals surface area contributed by atoms with E-state index in [1.165, 1.54) is 32.3 Å². The maximum absolute atomic E-state index is 13.2. The second-order valence-corrected chi connectivity index (χ2v) is 11.3. The minimum atomic E-state index is -3.87. The van der Waals surface area contributed by atoms with Gasteiger partial charge in [-0.25, -0.2) is 18.2 Å². The van der Waals surface area contributed by atoms with Gasteiger partial charge in [-0.3, -0.25) is 9.36 Å². The van der Waals surface area contributed by atoms with Gasteiger partial charge in [0.15, 0.2) is 10.7 Å². The fourth-order valence-electron chi connectivity index (χ4n) is 3.96. The number of amides is 1. The van der Waals surface area contributed by atoms with E-state index in [0.717, 1.165) is 10.2 Å². The highest BCUT2D eigenvalue weighted by atomic mass is 35.5. The smallest absolute Gasteiger partial charge is 0.408 e. The van der Waals surface area contributed by atoms with Crippen LogP contribution in [0.3, 0.4) is 0 Å². The molecule has 1 N–H and O–H groups in total. The lowest BCUT2D eigenvalue weighted by Crippen LogP contribution is -2.43. The number of aryl methyl sites for hydroxylation is 1. The lowest BCUT2D eigenvalue weighted by Gasteiger charge is -2.31. The molecular formula is C21H19ClN4O5S2. The molecular weight excluding hydrogens is 488 g/mol. The third-order valence-corrected chi connectivity index (χ3v) is 8.77. The van der Waals surface area contributed by atoms with Crippen LogP contribution in [0.4, 0.5) is 5.13 Å². The molecule has 1 amide bonds. The Bertz CT molecular complexity index is 1560. The van der Waals surface area contributed by atoms with Gasteiger partial charge in [0.1, 0.15) is 0 Å². The quantitative estimate of drug-likeness (QED) is 0.453. The lowest BCUT2D eigenvalue weighted by atomic mass is 9.99. The van der Waals surface area contributed by atoms with Crippen molar-refractivity contribution < 1.29 is 17.6 Å². The van der Waals surface area contributed by atoms with Crippen LogP contribution in [0.15, 0.2) is 50.5 Å². The van der Waals surface area contributed by atoms with Crippen molar-refractivity contribution in [2.75, 3.05) is 18.4 Å². The van der Waals surface area contributed by atoms with Gasteiger partial charge in [-0.05, 0) is 43.2 Å². The highest BCUT2D eigenvalue weighted by Gasteiger charge is 2.34. The highest BCUT2D eigenvalue weighted by Crippen LogP contribution is 2.30. The minimum Gasteiger partial charge on any atom is -0.408 e. The van der Waals surface area contributed by atoms with Crippen LogP contribution in [0.25, 0.3) is 21.3 Å². The number of thiazole rings is 1. The number of hydrogen-bond donors (Lipinski definition) is 1. The maximum Gasteiger partial charge on any atom is 0.419 e. The highest BCUT2D eigenvalue weighted by molar-refractivity contribution is 7.89. The molecule has 1 aliphatic rings. The van der Waals surface area contributed by atoms with Crippen LogP contribution in [0.1, 0.15) is 12.8 Å². The van der Waals surface area contributed by atoms with Crippen molar-refractivity contribution in [2.45, 2.75) is 17.7 Å². The number of nitrogens with zero attached hydrogens (tertiary/aromatic N) is 3. The van der Waals surface area contributed by atoms with E-state index in [1.54, 1.807) is 31.3 Å². The van der Waals surface area contributed by atoms with Gasteiger partial charge in [0.2, 0.25) is 15.9 Å². The molecule has 1 saturated heterocycles. The van der Waals surface area contributed by atoms with Gasteiger partial charge in [-0.15, -0.1) is 0 Å². The second kappa shape index (κ2) is 8.24. The predicted octanol–water partition coefficient (Wildman–Crippen LogP) is 3.43. The first-order valence-electron chi connectivity index (χ1n) is 10.2. The number of nitrogens with one attached hydrogen (secondary N) is 1. The Morgan fingerprint density at radius 1 is 1.27 bits per heavy atom. The Morgan fingerprint density at radius 2 is 2.09 bits per heavy atom. The lowest BCUT2D eigenvalue weighted by molar-refractivity contribution is -0.120. The van der Waals surface area contributed by atoms with Crippen molar-refractivity contribution in [3.8, 4) is 0 Å². The first-order chi connectivity index (χ1) is 15.7. The van der Waals surface area contributed by atoms with Crippen molar-refractivity contribution in [3.05, 3.63) is 52.0 Å². The molecule has 1 fully saturated rings. The topological polar surface area (TPSA) is 115 Å². The van der Waals surface area contributed by atoms with E-state index in [2.05, 4.69) is 10.3 Å².